The van der Waals surface area contributed by atoms with E-state index in [1.165, 1.54) is 12.1 Å². The van der Waals surface area contributed by atoms with E-state index in [1.54, 1.807) is 17.6 Å². The second-order valence-corrected chi connectivity index (χ2v) is 12.0. The van der Waals surface area contributed by atoms with Gasteiger partial charge in [-0.25, -0.2) is 13.9 Å². The molecule has 0 radical (unpaired) electrons. The minimum Gasteiger partial charge on any atom is -0.494 e. The lowest BCUT2D eigenvalue weighted by Crippen LogP contribution is -2.58. The van der Waals surface area contributed by atoms with Crippen LogP contribution in [0.5, 0.6) is 5.75 Å². The number of sulfone groups is 1. The molecule has 9 heteroatoms. The van der Waals surface area contributed by atoms with Crippen molar-refractivity contribution in [2.24, 2.45) is 0 Å². The Morgan fingerprint density at radius 1 is 1.16 bits per heavy atom. The Morgan fingerprint density at radius 3 is 2.38 bits per heavy atom. The number of amides is 1. The first-order valence-electron chi connectivity index (χ1n) is 12.6. The first kappa shape index (κ1) is 26.9. The van der Waals surface area contributed by atoms with Crippen molar-refractivity contribution in [3.05, 3.63) is 65.7 Å². The zero-order valence-electron chi connectivity index (χ0n) is 21.0. The first-order chi connectivity index (χ1) is 17.8. The maximum absolute atomic E-state index is 13.6. The number of rotatable bonds is 10. The average molecular weight is 524 g/mol. The van der Waals surface area contributed by atoms with E-state index >= 15 is 0 Å². The second-order valence-electron chi connectivity index (χ2n) is 9.76. The van der Waals surface area contributed by atoms with Crippen molar-refractivity contribution in [2.75, 3.05) is 19.7 Å². The van der Waals surface area contributed by atoms with Gasteiger partial charge < -0.3 is 9.64 Å². The van der Waals surface area contributed by atoms with Gasteiger partial charge in [-0.3, -0.25) is 10.0 Å². The van der Waals surface area contributed by atoms with E-state index in [-0.39, 0.29) is 17.7 Å². The minimum absolute atomic E-state index is 0.0306. The van der Waals surface area contributed by atoms with E-state index in [0.717, 1.165) is 24.0 Å². The van der Waals surface area contributed by atoms with E-state index in [0.29, 0.717) is 49.9 Å². The van der Waals surface area contributed by atoms with E-state index in [1.807, 2.05) is 37.3 Å². The fraction of sp³-hybridized carbons (Fsp3) is 0.429. The van der Waals surface area contributed by atoms with Crippen LogP contribution in [0.2, 0.25) is 0 Å². The number of hydrogen-bond acceptors (Lipinski definition) is 7. The molecule has 2 aromatic carbocycles. The van der Waals surface area contributed by atoms with Crippen LogP contribution in [0.1, 0.15) is 49.7 Å². The lowest BCUT2D eigenvalue weighted by molar-refractivity contribution is -0.133. The van der Waals surface area contributed by atoms with Crippen molar-refractivity contribution < 1.29 is 23.2 Å². The van der Waals surface area contributed by atoms with E-state index in [9.17, 15) is 23.7 Å². The third kappa shape index (κ3) is 5.87. The monoisotopic (exact) mass is 523 g/mol. The molecule has 4 rings (SSSR count). The number of nitriles is 1. The molecule has 0 aromatic heterocycles. The predicted molar refractivity (Wildman–Crippen MR) is 140 cm³/mol. The maximum atomic E-state index is 13.6. The fourth-order valence-corrected chi connectivity index (χ4v) is 6.79. The van der Waals surface area contributed by atoms with Gasteiger partial charge in [-0.1, -0.05) is 35.9 Å². The van der Waals surface area contributed by atoms with Gasteiger partial charge in [-0.15, -0.1) is 0 Å². The van der Waals surface area contributed by atoms with E-state index in [4.69, 9.17) is 4.74 Å². The van der Waals surface area contributed by atoms with Gasteiger partial charge >= 0.3 is 0 Å². The average Bonchev–Trinajstić information content (AvgIpc) is 3.77. The first-order valence-corrected chi connectivity index (χ1v) is 14.1. The third-order valence-electron chi connectivity index (χ3n) is 7.28. The van der Waals surface area contributed by atoms with Crippen LogP contribution in [0.4, 0.5) is 0 Å². The molecule has 1 heterocycles. The number of hydrogen-bond donors (Lipinski definition) is 2. The van der Waals surface area contributed by atoms with Gasteiger partial charge in [0, 0.05) is 19.1 Å². The standard InChI is InChI=1S/C28H33N3O5S/c1-21-5-7-22(8-6-21)23(20-29)4-2-3-19-36-25-11-13-26(14-12-25)37(34,35)28(27(32)30-33)15-17-31(18-16-28)24-9-10-24/h4-8,11-14,24,33H,2-3,9-10,15-19H2,1H3,(H,30,32)/b23-4+. The molecule has 1 aliphatic heterocycles. The molecule has 0 spiro atoms. The van der Waals surface area contributed by atoms with Gasteiger partial charge in [0.15, 0.2) is 14.6 Å². The number of carbonyl (C=O) groups is 1. The number of benzene rings is 2. The Kier molecular flexibility index (Phi) is 8.32. The molecular weight excluding hydrogens is 490 g/mol. The zero-order chi connectivity index (χ0) is 26.5. The number of piperidine rings is 1. The summed E-state index contributed by atoms with van der Waals surface area (Å²) < 4.78 is 31.2. The largest absolute Gasteiger partial charge is 0.494 e. The summed E-state index contributed by atoms with van der Waals surface area (Å²) >= 11 is 0. The molecule has 2 aromatic rings. The van der Waals surface area contributed by atoms with Gasteiger partial charge in [0.05, 0.1) is 23.1 Å². The van der Waals surface area contributed by atoms with Gasteiger partial charge in [-0.05, 0) is 75.3 Å². The van der Waals surface area contributed by atoms with Crippen molar-refractivity contribution in [2.45, 2.75) is 61.1 Å². The van der Waals surface area contributed by atoms with Crippen molar-refractivity contribution in [3.63, 3.8) is 0 Å². The highest BCUT2D eigenvalue weighted by Crippen LogP contribution is 2.39. The van der Waals surface area contributed by atoms with Gasteiger partial charge in [0.1, 0.15) is 5.75 Å². The Balaban J connectivity index is 1.35. The highest BCUT2D eigenvalue weighted by molar-refractivity contribution is 7.93. The molecule has 196 valence electrons. The van der Waals surface area contributed by atoms with E-state index < -0.39 is 20.5 Å². The van der Waals surface area contributed by atoms with Gasteiger partial charge in [0.25, 0.3) is 5.91 Å². The Bertz CT molecular complexity index is 1270. The molecular formula is C28H33N3O5S. The molecule has 2 fully saturated rings. The number of unbranched alkanes of at least 4 members (excludes halogenated alkanes) is 1. The molecule has 8 nitrogen and oxygen atoms in total. The number of carbonyl (C=O) groups excluding carboxylic acids is 1. The van der Waals surface area contributed by atoms with Crippen LogP contribution in [0.15, 0.2) is 59.5 Å². The molecule has 2 aliphatic rings. The number of hydroxylamine groups is 1. The SMILES string of the molecule is Cc1ccc(/C(C#N)=C/CCCOc2ccc(S(=O)(=O)C3(C(=O)NO)CCN(C4CC4)CC3)cc2)cc1. The normalized spacial score (nSPS) is 18.1. The lowest BCUT2D eigenvalue weighted by Gasteiger charge is -2.39. The third-order valence-corrected chi connectivity index (χ3v) is 9.80. The molecule has 37 heavy (non-hydrogen) atoms. The van der Waals surface area contributed by atoms with Crippen molar-refractivity contribution in [1.82, 2.24) is 10.4 Å². The summed E-state index contributed by atoms with van der Waals surface area (Å²) in [6.45, 7) is 3.42. The quantitative estimate of drug-likeness (QED) is 0.209. The summed E-state index contributed by atoms with van der Waals surface area (Å²) in [5.74, 6) is -0.357. The molecule has 0 atom stereocenters. The van der Waals surface area contributed by atoms with Crippen LogP contribution in [-0.2, 0) is 14.6 Å². The maximum Gasteiger partial charge on any atom is 0.265 e. The molecule has 2 N–H and O–H groups in total. The zero-order valence-corrected chi connectivity index (χ0v) is 21.8. The molecule has 1 aliphatic carbocycles. The number of aryl methyl sites for hydroxylation is 1. The topological polar surface area (TPSA) is 120 Å². The highest BCUT2D eigenvalue weighted by atomic mass is 32.2. The number of allylic oxidation sites excluding steroid dienone is 2. The number of nitrogens with zero attached hydrogens (tertiary/aromatic N) is 2. The molecule has 0 bridgehead atoms. The summed E-state index contributed by atoms with van der Waals surface area (Å²) in [5, 5.41) is 18.8. The summed E-state index contributed by atoms with van der Waals surface area (Å²) in [6, 6.07) is 16.6. The van der Waals surface area contributed by atoms with Crippen LogP contribution >= 0.6 is 0 Å². The summed E-state index contributed by atoms with van der Waals surface area (Å²) in [5.41, 5.74) is 4.25. The van der Waals surface area contributed by atoms with Crippen LogP contribution < -0.4 is 10.2 Å². The lowest BCUT2D eigenvalue weighted by atomic mass is 9.94. The summed E-state index contributed by atoms with van der Waals surface area (Å²) in [4.78, 5) is 14.9. The smallest absolute Gasteiger partial charge is 0.265 e. The Hall–Kier alpha value is -3.19. The van der Waals surface area contributed by atoms with Crippen LogP contribution in [0, 0.1) is 18.3 Å². The van der Waals surface area contributed by atoms with Crippen LogP contribution in [0.3, 0.4) is 0 Å². The van der Waals surface area contributed by atoms with E-state index in [2.05, 4.69) is 11.0 Å². The van der Waals surface area contributed by atoms with Crippen LogP contribution in [0.25, 0.3) is 5.57 Å². The van der Waals surface area contributed by atoms with Crippen LogP contribution in [-0.4, -0.2) is 54.9 Å². The molecule has 1 saturated heterocycles. The fourth-order valence-electron chi connectivity index (χ4n) is 4.83. The van der Waals surface area contributed by atoms with Crippen molar-refractivity contribution >= 4 is 21.3 Å². The highest BCUT2D eigenvalue weighted by Gasteiger charge is 2.53. The molecule has 0 unspecified atom stereocenters. The molecule has 1 amide bonds. The van der Waals surface area contributed by atoms with Crippen molar-refractivity contribution in [1.29, 1.82) is 5.26 Å². The summed E-state index contributed by atoms with van der Waals surface area (Å²) in [7, 11) is -4.04. The number of likely N-dealkylation sites (tertiary alicyclic amines) is 1. The second kappa shape index (κ2) is 11.5. The Morgan fingerprint density at radius 2 is 1.81 bits per heavy atom. The Labute approximate surface area is 218 Å². The van der Waals surface area contributed by atoms with Crippen molar-refractivity contribution in [3.8, 4) is 11.8 Å². The van der Waals surface area contributed by atoms with Gasteiger partial charge in [0.2, 0.25) is 0 Å². The van der Waals surface area contributed by atoms with Gasteiger partial charge in [-0.2, -0.15) is 5.26 Å². The number of ether oxygens (including phenoxy) is 1. The number of nitrogens with one attached hydrogen (secondary N) is 1. The summed E-state index contributed by atoms with van der Waals surface area (Å²) in [6.07, 6.45) is 5.73. The molecule has 1 saturated carbocycles. The predicted octanol–water partition coefficient (Wildman–Crippen LogP) is 4.04. The minimum atomic E-state index is -4.04.